The van der Waals surface area contributed by atoms with Gasteiger partial charge in [0.25, 0.3) is 0 Å². The van der Waals surface area contributed by atoms with Crippen molar-refractivity contribution < 1.29 is 24.2 Å². The predicted octanol–water partition coefficient (Wildman–Crippen LogP) is 2.25. The van der Waals surface area contributed by atoms with E-state index in [4.69, 9.17) is 15.3 Å². The maximum absolute atomic E-state index is 11.9. The minimum atomic E-state index is -1.16. The molecule has 0 spiro atoms. The second kappa shape index (κ2) is 14.0. The molecule has 2 aromatic carbocycles. The third kappa shape index (κ3) is 9.61. The molecule has 32 heavy (non-hydrogen) atoms. The van der Waals surface area contributed by atoms with Gasteiger partial charge < -0.3 is 25.7 Å². The maximum Gasteiger partial charge on any atom is 0.408 e. The molecule has 5 N–H and O–H groups in total. The number of ether oxygens (including phenoxy) is 2. The smallest absolute Gasteiger partial charge is 0.408 e. The predicted molar refractivity (Wildman–Crippen MR) is 120 cm³/mol. The molecule has 2 aromatic rings. The zero-order chi connectivity index (χ0) is 23.0. The summed E-state index contributed by atoms with van der Waals surface area (Å²) >= 11 is 0. The number of hydrogen-bond acceptors (Lipinski definition) is 7. The van der Waals surface area contributed by atoms with Gasteiger partial charge in [-0.3, -0.25) is 5.43 Å². The van der Waals surface area contributed by atoms with E-state index in [1.54, 1.807) is 6.21 Å². The van der Waals surface area contributed by atoms with Crippen molar-refractivity contribution in [3.05, 3.63) is 65.7 Å². The highest BCUT2D eigenvalue weighted by Crippen LogP contribution is 2.14. The molecule has 0 unspecified atom stereocenters. The number of aliphatic carboxylic acids is 1. The minimum absolute atomic E-state index is 0.0617. The molecule has 0 aliphatic heterocycles. The Morgan fingerprint density at radius 1 is 1.09 bits per heavy atom. The maximum atomic E-state index is 11.9. The van der Waals surface area contributed by atoms with E-state index >= 15 is 0 Å². The van der Waals surface area contributed by atoms with E-state index in [1.165, 1.54) is 6.34 Å². The zero-order valence-corrected chi connectivity index (χ0v) is 17.5. The van der Waals surface area contributed by atoms with E-state index in [-0.39, 0.29) is 19.6 Å². The Labute approximate surface area is 186 Å². The average molecular weight is 441 g/mol. The van der Waals surface area contributed by atoms with Crippen LogP contribution in [0.3, 0.4) is 0 Å². The summed E-state index contributed by atoms with van der Waals surface area (Å²) in [7, 11) is 0. The highest BCUT2D eigenvalue weighted by Gasteiger charge is 2.20. The Bertz CT molecular complexity index is 887. The van der Waals surface area contributed by atoms with Gasteiger partial charge in [0.2, 0.25) is 0 Å². The van der Waals surface area contributed by atoms with Gasteiger partial charge in [0.15, 0.2) is 0 Å². The Morgan fingerprint density at radius 3 is 2.53 bits per heavy atom. The van der Waals surface area contributed by atoms with Gasteiger partial charge in [-0.15, -0.1) is 0 Å². The molecule has 0 aliphatic carbocycles. The summed E-state index contributed by atoms with van der Waals surface area (Å²) in [6, 6.07) is 15.5. The van der Waals surface area contributed by atoms with Crippen molar-refractivity contribution in [2.24, 2.45) is 16.0 Å². The number of benzene rings is 2. The van der Waals surface area contributed by atoms with Crippen molar-refractivity contribution in [1.29, 1.82) is 0 Å². The topological polar surface area (TPSA) is 148 Å². The molecule has 0 saturated heterocycles. The number of nitrogens with zero attached hydrogens (tertiary/aromatic N) is 2. The van der Waals surface area contributed by atoms with Gasteiger partial charge in [-0.2, -0.15) is 10.2 Å². The number of amides is 1. The first-order valence-electron chi connectivity index (χ1n) is 9.99. The lowest BCUT2D eigenvalue weighted by Gasteiger charge is -2.15. The van der Waals surface area contributed by atoms with Crippen LogP contribution in [0.2, 0.25) is 0 Å². The molecular formula is C22H27N5O5. The molecule has 2 rings (SSSR count). The fraction of sp³-hybridized carbons (Fsp3) is 0.273. The molecule has 1 atom stereocenters. The van der Waals surface area contributed by atoms with Crippen LogP contribution in [0.4, 0.5) is 4.79 Å². The first-order chi connectivity index (χ1) is 15.6. The summed E-state index contributed by atoms with van der Waals surface area (Å²) in [5.41, 5.74) is 4.46. The Kier molecular flexibility index (Phi) is 10.6. The van der Waals surface area contributed by atoms with Gasteiger partial charge in [-0.1, -0.05) is 42.5 Å². The molecule has 0 bridgehead atoms. The van der Waals surface area contributed by atoms with Crippen LogP contribution in [0.25, 0.3) is 0 Å². The van der Waals surface area contributed by atoms with Crippen LogP contribution in [0.5, 0.6) is 5.75 Å². The van der Waals surface area contributed by atoms with Gasteiger partial charge in [0.05, 0.1) is 6.61 Å². The molecular weight excluding hydrogens is 414 g/mol. The van der Waals surface area contributed by atoms with Gasteiger partial charge in [0, 0.05) is 12.6 Å². The zero-order valence-electron chi connectivity index (χ0n) is 17.5. The molecule has 0 saturated carbocycles. The molecule has 0 radical (unpaired) electrons. The van der Waals surface area contributed by atoms with Gasteiger partial charge in [0.1, 0.15) is 24.7 Å². The summed E-state index contributed by atoms with van der Waals surface area (Å²) < 4.78 is 10.7. The van der Waals surface area contributed by atoms with E-state index in [1.807, 2.05) is 54.6 Å². The summed E-state index contributed by atoms with van der Waals surface area (Å²) in [5, 5.41) is 18.8. The number of rotatable bonds is 13. The van der Waals surface area contributed by atoms with Crippen molar-refractivity contribution in [3.8, 4) is 5.75 Å². The van der Waals surface area contributed by atoms with Crippen LogP contribution in [-0.2, 0) is 22.6 Å². The molecule has 0 heterocycles. The molecule has 1 amide bonds. The van der Waals surface area contributed by atoms with E-state index in [9.17, 15) is 14.7 Å². The third-order valence-electron chi connectivity index (χ3n) is 4.26. The summed E-state index contributed by atoms with van der Waals surface area (Å²) in [5.74, 6) is 4.39. The molecule has 170 valence electrons. The van der Waals surface area contributed by atoms with Crippen LogP contribution in [-0.4, -0.2) is 42.4 Å². The Hall–Kier alpha value is -4.08. The second-order valence-corrected chi connectivity index (χ2v) is 6.64. The van der Waals surface area contributed by atoms with Gasteiger partial charge >= 0.3 is 12.1 Å². The number of carboxylic acids is 1. The monoisotopic (exact) mass is 441 g/mol. The van der Waals surface area contributed by atoms with Crippen molar-refractivity contribution in [2.45, 2.75) is 31.9 Å². The van der Waals surface area contributed by atoms with Crippen LogP contribution < -0.4 is 21.3 Å². The van der Waals surface area contributed by atoms with Crippen molar-refractivity contribution >= 4 is 24.6 Å². The lowest BCUT2D eigenvalue weighted by Crippen LogP contribution is -2.42. The average Bonchev–Trinajstić information content (AvgIpc) is 2.81. The number of nitrogens with two attached hydrogens (primary N) is 1. The third-order valence-corrected chi connectivity index (χ3v) is 4.26. The van der Waals surface area contributed by atoms with Crippen LogP contribution in [0, 0.1) is 0 Å². The Balaban J connectivity index is 1.70. The quantitative estimate of drug-likeness (QED) is 0.161. The standard InChI is InChI=1S/C22H27N5O5/c23-24-16-26-25-13-4-7-17-8-10-19(11-9-17)31-14-12-20(21(28)29)27-22(30)32-15-18-5-2-1-3-6-18/h1-3,5-6,8-11,13,16,20H,4,7,12,14-15,23H2,(H,24,26)(H,27,30)(H,28,29)/t20-/m0/s1. The number of nitrogens with one attached hydrogen (secondary N) is 2. The van der Waals surface area contributed by atoms with Crippen molar-refractivity contribution in [3.63, 3.8) is 0 Å². The SMILES string of the molecule is NN=CNN=CCCc1ccc(OCC[C@H](NC(=O)OCc2ccccc2)C(=O)O)cc1. The number of hydrogen-bond donors (Lipinski definition) is 4. The van der Waals surface area contributed by atoms with Crippen LogP contribution in [0.15, 0.2) is 64.8 Å². The highest BCUT2D eigenvalue weighted by molar-refractivity contribution is 5.79. The number of carboxylic acid groups (broad SMARTS) is 1. The first kappa shape index (κ1) is 24.2. The fourth-order valence-electron chi connectivity index (χ4n) is 2.63. The van der Waals surface area contributed by atoms with Crippen LogP contribution >= 0.6 is 0 Å². The second-order valence-electron chi connectivity index (χ2n) is 6.64. The number of hydrazone groups is 2. The van der Waals surface area contributed by atoms with E-state index in [2.05, 4.69) is 20.9 Å². The molecule has 0 aliphatic rings. The molecule has 0 fully saturated rings. The van der Waals surface area contributed by atoms with Crippen molar-refractivity contribution in [1.82, 2.24) is 10.7 Å². The summed E-state index contributed by atoms with van der Waals surface area (Å²) in [6.07, 6.45) is 3.82. The van der Waals surface area contributed by atoms with E-state index < -0.39 is 18.1 Å². The molecule has 0 aromatic heterocycles. The Morgan fingerprint density at radius 2 is 1.84 bits per heavy atom. The van der Waals surface area contributed by atoms with E-state index in [0.717, 1.165) is 24.0 Å². The van der Waals surface area contributed by atoms with Crippen LogP contribution in [0.1, 0.15) is 24.0 Å². The molecule has 10 heteroatoms. The number of alkyl carbamates (subject to hydrolysis) is 1. The van der Waals surface area contributed by atoms with Gasteiger partial charge in [-0.05, 0) is 36.1 Å². The molecule has 10 nitrogen and oxygen atoms in total. The lowest BCUT2D eigenvalue weighted by molar-refractivity contribution is -0.139. The largest absolute Gasteiger partial charge is 0.494 e. The summed E-state index contributed by atoms with van der Waals surface area (Å²) in [4.78, 5) is 23.3. The number of carbonyl (C=O) groups is 2. The lowest BCUT2D eigenvalue weighted by atomic mass is 10.1. The first-order valence-corrected chi connectivity index (χ1v) is 9.99. The number of carbonyl (C=O) groups excluding carboxylic acids is 1. The normalized spacial score (nSPS) is 11.9. The fourth-order valence-corrected chi connectivity index (χ4v) is 2.63. The van der Waals surface area contributed by atoms with Gasteiger partial charge in [-0.25, -0.2) is 9.59 Å². The highest BCUT2D eigenvalue weighted by atomic mass is 16.5. The van der Waals surface area contributed by atoms with Crippen molar-refractivity contribution in [2.75, 3.05) is 6.61 Å². The van der Waals surface area contributed by atoms with E-state index in [0.29, 0.717) is 5.75 Å². The summed E-state index contributed by atoms with van der Waals surface area (Å²) in [6.45, 7) is 0.183. The minimum Gasteiger partial charge on any atom is -0.494 e. The number of aryl methyl sites for hydroxylation is 1.